The summed E-state index contributed by atoms with van der Waals surface area (Å²) in [5, 5.41) is 3.02. The van der Waals surface area contributed by atoms with Crippen molar-refractivity contribution in [2.75, 3.05) is 13.1 Å². The summed E-state index contributed by atoms with van der Waals surface area (Å²) in [6, 6.07) is 18.1. The number of nitrogens with zero attached hydrogens (tertiary/aromatic N) is 3. The van der Waals surface area contributed by atoms with Crippen molar-refractivity contribution in [2.24, 2.45) is 5.92 Å². The summed E-state index contributed by atoms with van der Waals surface area (Å²) in [7, 11) is 0. The lowest BCUT2D eigenvalue weighted by atomic mass is 9.98. The average molecular weight is 401 g/mol. The highest BCUT2D eigenvalue weighted by molar-refractivity contribution is 5.93. The van der Waals surface area contributed by atoms with Crippen LogP contribution in [-0.2, 0) is 13.1 Å². The van der Waals surface area contributed by atoms with Gasteiger partial charge in [0.2, 0.25) is 0 Å². The molecule has 1 aromatic heterocycles. The molecular formula is C25H28N4O. The lowest BCUT2D eigenvalue weighted by Gasteiger charge is -2.30. The van der Waals surface area contributed by atoms with Gasteiger partial charge < -0.3 is 5.32 Å². The maximum atomic E-state index is 12.6. The molecule has 1 N–H and O–H groups in total. The zero-order valence-electron chi connectivity index (χ0n) is 17.4. The summed E-state index contributed by atoms with van der Waals surface area (Å²) < 4.78 is 0. The predicted molar refractivity (Wildman–Crippen MR) is 119 cm³/mol. The van der Waals surface area contributed by atoms with Gasteiger partial charge in [-0.05, 0) is 43.0 Å². The standard InChI is InChI=1S/C25H28N4O/c1-19-11-13-29(14-12-19)18-22-10-6-5-9-21(22)15-28-25(30)23-16-26-24(27-17-23)20-7-3-2-4-8-20/h2-10,16-17,19H,11-15,18H2,1H3,(H,28,30). The molecule has 1 aliphatic heterocycles. The Bertz CT molecular complexity index is 964. The van der Waals surface area contributed by atoms with Gasteiger partial charge in [-0.15, -0.1) is 0 Å². The van der Waals surface area contributed by atoms with Crippen LogP contribution in [0.3, 0.4) is 0 Å². The first-order valence-electron chi connectivity index (χ1n) is 10.6. The predicted octanol–water partition coefficient (Wildman–Crippen LogP) is 4.31. The number of hydrogen-bond donors (Lipinski definition) is 1. The van der Waals surface area contributed by atoms with Gasteiger partial charge in [-0.25, -0.2) is 9.97 Å². The van der Waals surface area contributed by atoms with E-state index in [4.69, 9.17) is 0 Å². The summed E-state index contributed by atoms with van der Waals surface area (Å²) in [5.41, 5.74) is 3.84. The normalized spacial score (nSPS) is 15.1. The molecule has 2 heterocycles. The Kier molecular flexibility index (Phi) is 6.50. The molecule has 0 atom stereocenters. The maximum absolute atomic E-state index is 12.6. The van der Waals surface area contributed by atoms with E-state index in [9.17, 15) is 4.79 Å². The van der Waals surface area contributed by atoms with Crippen molar-refractivity contribution in [1.82, 2.24) is 20.2 Å². The van der Waals surface area contributed by atoms with Crippen LogP contribution < -0.4 is 5.32 Å². The topological polar surface area (TPSA) is 58.1 Å². The van der Waals surface area contributed by atoms with Crippen molar-refractivity contribution in [2.45, 2.75) is 32.9 Å². The molecule has 0 saturated carbocycles. The van der Waals surface area contributed by atoms with Gasteiger partial charge in [0, 0.05) is 31.0 Å². The van der Waals surface area contributed by atoms with Gasteiger partial charge in [0.1, 0.15) is 0 Å². The molecule has 0 unspecified atom stereocenters. The van der Waals surface area contributed by atoms with Gasteiger partial charge in [0.25, 0.3) is 5.91 Å². The minimum Gasteiger partial charge on any atom is -0.348 e. The lowest BCUT2D eigenvalue weighted by molar-refractivity contribution is 0.0950. The number of carbonyl (C=O) groups is 1. The molecule has 1 saturated heterocycles. The Morgan fingerprint density at radius 3 is 2.30 bits per heavy atom. The van der Waals surface area contributed by atoms with E-state index in [-0.39, 0.29) is 5.91 Å². The zero-order chi connectivity index (χ0) is 20.8. The number of aromatic nitrogens is 2. The number of amides is 1. The van der Waals surface area contributed by atoms with E-state index in [0.29, 0.717) is 17.9 Å². The number of piperidine rings is 1. The molecular weight excluding hydrogens is 372 g/mol. The molecule has 5 heteroatoms. The van der Waals surface area contributed by atoms with Crippen LogP contribution >= 0.6 is 0 Å². The number of rotatable bonds is 6. The minimum atomic E-state index is -0.156. The van der Waals surface area contributed by atoms with Crippen LogP contribution in [0.15, 0.2) is 67.0 Å². The number of benzene rings is 2. The number of carbonyl (C=O) groups excluding carboxylic acids is 1. The Morgan fingerprint density at radius 2 is 1.60 bits per heavy atom. The second-order valence-corrected chi connectivity index (χ2v) is 8.07. The molecule has 0 spiro atoms. The van der Waals surface area contributed by atoms with Gasteiger partial charge in [0.15, 0.2) is 5.82 Å². The third-order valence-corrected chi connectivity index (χ3v) is 5.77. The molecule has 1 fully saturated rings. The number of likely N-dealkylation sites (tertiary alicyclic amines) is 1. The maximum Gasteiger partial charge on any atom is 0.254 e. The molecule has 0 radical (unpaired) electrons. The number of hydrogen-bond acceptors (Lipinski definition) is 4. The summed E-state index contributed by atoms with van der Waals surface area (Å²) in [4.78, 5) is 23.8. The van der Waals surface area contributed by atoms with Crippen molar-refractivity contribution in [3.8, 4) is 11.4 Å². The van der Waals surface area contributed by atoms with Crippen LogP contribution in [0.5, 0.6) is 0 Å². The fourth-order valence-electron chi connectivity index (χ4n) is 3.80. The van der Waals surface area contributed by atoms with Crippen molar-refractivity contribution >= 4 is 5.91 Å². The van der Waals surface area contributed by atoms with E-state index in [0.717, 1.165) is 36.7 Å². The van der Waals surface area contributed by atoms with E-state index in [2.05, 4.69) is 45.3 Å². The monoisotopic (exact) mass is 400 g/mol. The first-order chi connectivity index (χ1) is 14.7. The molecule has 5 nitrogen and oxygen atoms in total. The first kappa shape index (κ1) is 20.2. The quantitative estimate of drug-likeness (QED) is 0.670. The molecule has 1 amide bonds. The third-order valence-electron chi connectivity index (χ3n) is 5.77. The van der Waals surface area contributed by atoms with E-state index in [1.165, 1.54) is 18.4 Å². The summed E-state index contributed by atoms with van der Waals surface area (Å²) in [6.07, 6.45) is 5.70. The highest BCUT2D eigenvalue weighted by Crippen LogP contribution is 2.20. The summed E-state index contributed by atoms with van der Waals surface area (Å²) >= 11 is 0. The fourth-order valence-corrected chi connectivity index (χ4v) is 3.80. The van der Waals surface area contributed by atoms with Crippen LogP contribution in [0.25, 0.3) is 11.4 Å². The fraction of sp³-hybridized carbons (Fsp3) is 0.320. The van der Waals surface area contributed by atoms with E-state index in [1.54, 1.807) is 12.4 Å². The molecule has 154 valence electrons. The molecule has 0 aliphatic carbocycles. The zero-order valence-corrected chi connectivity index (χ0v) is 17.4. The van der Waals surface area contributed by atoms with Crippen LogP contribution in [0.1, 0.15) is 41.3 Å². The van der Waals surface area contributed by atoms with E-state index >= 15 is 0 Å². The Balaban J connectivity index is 1.37. The minimum absolute atomic E-state index is 0.156. The van der Waals surface area contributed by atoms with Gasteiger partial charge in [-0.1, -0.05) is 61.5 Å². The second kappa shape index (κ2) is 9.63. The molecule has 1 aliphatic rings. The smallest absolute Gasteiger partial charge is 0.254 e. The van der Waals surface area contributed by atoms with Crippen molar-refractivity contribution < 1.29 is 4.79 Å². The van der Waals surface area contributed by atoms with Crippen LogP contribution in [-0.4, -0.2) is 33.9 Å². The molecule has 4 rings (SSSR count). The Labute approximate surface area is 178 Å². The van der Waals surface area contributed by atoms with Gasteiger partial charge in [0.05, 0.1) is 5.56 Å². The van der Waals surface area contributed by atoms with Gasteiger partial charge >= 0.3 is 0 Å². The summed E-state index contributed by atoms with van der Waals surface area (Å²) in [5.74, 6) is 1.29. The van der Waals surface area contributed by atoms with Gasteiger partial charge in [-0.2, -0.15) is 0 Å². The van der Waals surface area contributed by atoms with Crippen molar-refractivity contribution in [1.29, 1.82) is 0 Å². The van der Waals surface area contributed by atoms with Crippen LogP contribution in [0.2, 0.25) is 0 Å². The van der Waals surface area contributed by atoms with Gasteiger partial charge in [-0.3, -0.25) is 9.69 Å². The molecule has 0 bridgehead atoms. The van der Waals surface area contributed by atoms with Crippen LogP contribution in [0, 0.1) is 5.92 Å². The molecule has 3 aromatic rings. The average Bonchev–Trinajstić information content (AvgIpc) is 2.80. The highest BCUT2D eigenvalue weighted by Gasteiger charge is 2.17. The SMILES string of the molecule is CC1CCN(Cc2ccccc2CNC(=O)c2cnc(-c3ccccc3)nc2)CC1. The lowest BCUT2D eigenvalue weighted by Crippen LogP contribution is -2.33. The Morgan fingerprint density at radius 1 is 0.967 bits per heavy atom. The van der Waals surface area contributed by atoms with E-state index in [1.807, 2.05) is 36.4 Å². The summed E-state index contributed by atoms with van der Waals surface area (Å²) in [6.45, 7) is 6.06. The number of nitrogens with one attached hydrogen (secondary N) is 1. The van der Waals surface area contributed by atoms with Crippen LogP contribution in [0.4, 0.5) is 0 Å². The van der Waals surface area contributed by atoms with E-state index < -0.39 is 0 Å². The van der Waals surface area contributed by atoms with Crippen molar-refractivity contribution in [3.63, 3.8) is 0 Å². The van der Waals surface area contributed by atoms with Crippen molar-refractivity contribution in [3.05, 3.63) is 83.7 Å². The Hall–Kier alpha value is -3.05. The largest absolute Gasteiger partial charge is 0.348 e. The molecule has 30 heavy (non-hydrogen) atoms. The first-order valence-corrected chi connectivity index (χ1v) is 10.6. The highest BCUT2D eigenvalue weighted by atomic mass is 16.1. The second-order valence-electron chi connectivity index (χ2n) is 8.07. The third kappa shape index (κ3) is 5.10. The molecule has 2 aromatic carbocycles.